The van der Waals surface area contributed by atoms with Crippen molar-refractivity contribution >= 4 is 24.0 Å². The van der Waals surface area contributed by atoms with Gasteiger partial charge in [0, 0.05) is 25.2 Å². The van der Waals surface area contributed by atoms with Gasteiger partial charge in [-0.2, -0.15) is 0 Å². The fourth-order valence-corrected chi connectivity index (χ4v) is 2.47. The number of carbonyl (C=O) groups excluding carboxylic acids is 1. The number of likely N-dealkylation sites (tertiary alicyclic amines) is 1. The van der Waals surface area contributed by atoms with E-state index in [2.05, 4.69) is 6.92 Å². The molecule has 1 fully saturated rings. The second-order valence-corrected chi connectivity index (χ2v) is 5.68. The number of hydrogen-bond acceptors (Lipinski definition) is 4. The van der Waals surface area contributed by atoms with E-state index in [4.69, 9.17) is 5.73 Å². The Hall–Kier alpha value is -1.66. The summed E-state index contributed by atoms with van der Waals surface area (Å²) >= 11 is 0. The smallest absolute Gasteiger partial charge is 0.269 e. The van der Waals surface area contributed by atoms with Gasteiger partial charge in [-0.15, -0.1) is 12.4 Å². The number of non-ortho nitro benzene ring substituents is 1. The molecule has 0 bridgehead atoms. The number of nitrogens with two attached hydrogens (primary N) is 1. The maximum atomic E-state index is 12.2. The molecule has 0 saturated carbocycles. The van der Waals surface area contributed by atoms with Crippen molar-refractivity contribution in [3.63, 3.8) is 0 Å². The highest BCUT2D eigenvalue weighted by atomic mass is 35.5. The quantitative estimate of drug-likeness (QED) is 0.677. The summed E-state index contributed by atoms with van der Waals surface area (Å²) < 4.78 is 0. The Kier molecular flexibility index (Phi) is 5.69. The van der Waals surface area contributed by atoms with Crippen LogP contribution in [0.3, 0.4) is 0 Å². The van der Waals surface area contributed by atoms with Gasteiger partial charge in [0.25, 0.3) is 5.69 Å². The summed E-state index contributed by atoms with van der Waals surface area (Å²) in [6.45, 7) is 4.01. The van der Waals surface area contributed by atoms with Crippen LogP contribution in [0, 0.1) is 15.5 Å². The number of carbonyl (C=O) groups is 1. The van der Waals surface area contributed by atoms with Crippen LogP contribution in [0.1, 0.15) is 18.9 Å². The molecular formula is C14H20ClN3O3. The molecule has 1 amide bonds. The lowest BCUT2D eigenvalue weighted by molar-refractivity contribution is -0.384. The van der Waals surface area contributed by atoms with Crippen molar-refractivity contribution < 1.29 is 9.72 Å². The summed E-state index contributed by atoms with van der Waals surface area (Å²) in [5, 5.41) is 10.7. The normalized spacial score (nSPS) is 21.0. The van der Waals surface area contributed by atoms with Crippen molar-refractivity contribution in [1.82, 2.24) is 4.90 Å². The van der Waals surface area contributed by atoms with Crippen LogP contribution in [0.15, 0.2) is 24.3 Å². The van der Waals surface area contributed by atoms with Gasteiger partial charge in [0.2, 0.25) is 5.91 Å². The zero-order chi connectivity index (χ0) is 14.8. The zero-order valence-electron chi connectivity index (χ0n) is 11.9. The third-order valence-electron chi connectivity index (χ3n) is 3.88. The van der Waals surface area contributed by atoms with Gasteiger partial charge < -0.3 is 10.6 Å². The number of rotatable bonds is 4. The summed E-state index contributed by atoms with van der Waals surface area (Å²) in [5.74, 6) is 0.00247. The predicted molar refractivity (Wildman–Crippen MR) is 82.4 cm³/mol. The van der Waals surface area contributed by atoms with Crippen molar-refractivity contribution in [2.24, 2.45) is 11.1 Å². The summed E-state index contributed by atoms with van der Waals surface area (Å²) in [6.07, 6.45) is 1.10. The van der Waals surface area contributed by atoms with Gasteiger partial charge in [0.05, 0.1) is 11.3 Å². The Bertz CT molecular complexity index is 538. The molecule has 1 aromatic rings. The molecule has 1 unspecified atom stereocenters. The highest BCUT2D eigenvalue weighted by Crippen LogP contribution is 2.29. The van der Waals surface area contributed by atoms with E-state index in [1.807, 2.05) is 0 Å². The topological polar surface area (TPSA) is 89.5 Å². The number of nitro benzene ring substituents is 1. The molecule has 1 aliphatic rings. The fourth-order valence-electron chi connectivity index (χ4n) is 2.47. The van der Waals surface area contributed by atoms with Crippen LogP contribution in [-0.2, 0) is 11.2 Å². The maximum absolute atomic E-state index is 12.2. The van der Waals surface area contributed by atoms with Crippen LogP contribution < -0.4 is 5.73 Å². The molecule has 6 nitrogen and oxygen atoms in total. The zero-order valence-corrected chi connectivity index (χ0v) is 12.8. The third-order valence-corrected chi connectivity index (χ3v) is 3.88. The first-order valence-electron chi connectivity index (χ1n) is 6.65. The molecule has 116 valence electrons. The minimum Gasteiger partial charge on any atom is -0.342 e. The molecular weight excluding hydrogens is 294 g/mol. The van der Waals surface area contributed by atoms with Gasteiger partial charge in [-0.3, -0.25) is 14.9 Å². The molecule has 1 heterocycles. The van der Waals surface area contributed by atoms with Crippen LogP contribution in [0.2, 0.25) is 0 Å². The molecule has 7 heteroatoms. The fraction of sp³-hybridized carbons (Fsp3) is 0.500. The minimum atomic E-state index is -0.449. The second kappa shape index (κ2) is 6.87. The number of nitro groups is 1. The van der Waals surface area contributed by atoms with Gasteiger partial charge in [-0.1, -0.05) is 19.1 Å². The molecule has 21 heavy (non-hydrogen) atoms. The average molecular weight is 314 g/mol. The van der Waals surface area contributed by atoms with E-state index in [9.17, 15) is 14.9 Å². The van der Waals surface area contributed by atoms with Gasteiger partial charge >= 0.3 is 0 Å². The Morgan fingerprint density at radius 3 is 2.81 bits per heavy atom. The molecule has 1 saturated heterocycles. The monoisotopic (exact) mass is 313 g/mol. The highest BCUT2D eigenvalue weighted by Gasteiger charge is 2.34. The van der Waals surface area contributed by atoms with Crippen molar-refractivity contribution in [2.75, 3.05) is 19.6 Å². The number of hydrogen-bond donors (Lipinski definition) is 1. The molecule has 1 atom stereocenters. The van der Waals surface area contributed by atoms with Gasteiger partial charge in [-0.25, -0.2) is 0 Å². The van der Waals surface area contributed by atoms with Crippen molar-refractivity contribution in [3.8, 4) is 0 Å². The Morgan fingerprint density at radius 1 is 1.52 bits per heavy atom. The Labute approximate surface area is 129 Å². The summed E-state index contributed by atoms with van der Waals surface area (Å²) in [7, 11) is 0. The molecule has 0 aromatic heterocycles. The lowest BCUT2D eigenvalue weighted by Gasteiger charge is -2.22. The maximum Gasteiger partial charge on any atom is 0.269 e. The van der Waals surface area contributed by atoms with Crippen LogP contribution >= 0.6 is 12.4 Å². The minimum absolute atomic E-state index is 0. The largest absolute Gasteiger partial charge is 0.342 e. The molecule has 2 N–H and O–H groups in total. The first kappa shape index (κ1) is 17.4. The van der Waals surface area contributed by atoms with Crippen LogP contribution in [0.4, 0.5) is 5.69 Å². The predicted octanol–water partition coefficient (Wildman–Crippen LogP) is 1.76. The number of amides is 1. The van der Waals surface area contributed by atoms with E-state index in [0.717, 1.165) is 6.42 Å². The summed E-state index contributed by atoms with van der Waals surface area (Å²) in [5.41, 5.74) is 6.41. The third kappa shape index (κ3) is 4.15. The van der Waals surface area contributed by atoms with E-state index in [1.165, 1.54) is 12.1 Å². The number of benzene rings is 1. The summed E-state index contributed by atoms with van der Waals surface area (Å²) in [6, 6.07) is 6.23. The van der Waals surface area contributed by atoms with E-state index in [-0.39, 0.29) is 35.8 Å². The molecule has 1 aliphatic heterocycles. The summed E-state index contributed by atoms with van der Waals surface area (Å²) in [4.78, 5) is 24.3. The van der Waals surface area contributed by atoms with Crippen LogP contribution in [0.25, 0.3) is 0 Å². The Balaban J connectivity index is 0.00000220. The van der Waals surface area contributed by atoms with Gasteiger partial charge in [-0.05, 0) is 23.9 Å². The molecule has 0 aliphatic carbocycles. The van der Waals surface area contributed by atoms with Gasteiger partial charge in [0.15, 0.2) is 0 Å². The van der Waals surface area contributed by atoms with Crippen molar-refractivity contribution in [1.29, 1.82) is 0 Å². The van der Waals surface area contributed by atoms with Crippen molar-refractivity contribution in [3.05, 3.63) is 39.9 Å². The SMILES string of the molecule is CC1(CN)CCN(C(=O)Cc2cccc([N+](=O)[O-])c2)C1.Cl. The molecule has 2 rings (SSSR count). The molecule has 0 spiro atoms. The first-order valence-corrected chi connectivity index (χ1v) is 6.65. The lowest BCUT2D eigenvalue weighted by atomic mass is 9.90. The lowest BCUT2D eigenvalue weighted by Crippen LogP contribution is -2.35. The first-order chi connectivity index (χ1) is 9.43. The standard InChI is InChI=1S/C14H19N3O3.ClH/c1-14(9-15)5-6-16(10-14)13(18)8-11-3-2-4-12(7-11)17(19)20;/h2-4,7H,5-6,8-10,15H2,1H3;1H. The molecule has 0 radical (unpaired) electrons. The number of nitrogens with zero attached hydrogens (tertiary/aromatic N) is 2. The second-order valence-electron chi connectivity index (χ2n) is 5.68. The number of halogens is 1. The van der Waals surface area contributed by atoms with Crippen LogP contribution in [0.5, 0.6) is 0 Å². The van der Waals surface area contributed by atoms with E-state index in [0.29, 0.717) is 25.2 Å². The molecule has 1 aromatic carbocycles. The van der Waals surface area contributed by atoms with E-state index in [1.54, 1.807) is 17.0 Å². The van der Waals surface area contributed by atoms with Crippen LogP contribution in [-0.4, -0.2) is 35.4 Å². The van der Waals surface area contributed by atoms with Crippen molar-refractivity contribution in [2.45, 2.75) is 19.8 Å². The highest BCUT2D eigenvalue weighted by molar-refractivity contribution is 5.85. The average Bonchev–Trinajstić information content (AvgIpc) is 2.83. The van der Waals surface area contributed by atoms with E-state index < -0.39 is 4.92 Å². The Morgan fingerprint density at radius 2 is 2.24 bits per heavy atom. The van der Waals surface area contributed by atoms with Gasteiger partial charge in [0.1, 0.15) is 0 Å². The van der Waals surface area contributed by atoms with E-state index >= 15 is 0 Å².